The van der Waals surface area contributed by atoms with E-state index < -0.39 is 11.9 Å². The summed E-state index contributed by atoms with van der Waals surface area (Å²) in [5.74, 6) is -0.482. The van der Waals surface area contributed by atoms with Gasteiger partial charge < -0.3 is 20.1 Å². The highest BCUT2D eigenvalue weighted by Crippen LogP contribution is 2.30. The number of amides is 2. The molecule has 8 heteroatoms. The Labute approximate surface area is 180 Å². The number of hydrogen-bond donors (Lipinski definition) is 2. The minimum atomic E-state index is -0.436. The zero-order valence-corrected chi connectivity index (χ0v) is 17.5. The highest BCUT2D eigenvalue weighted by atomic mass is 16.5. The molecule has 0 aliphatic carbocycles. The van der Waals surface area contributed by atoms with Gasteiger partial charge in [0.1, 0.15) is 12.3 Å². The Morgan fingerprint density at radius 2 is 1.84 bits per heavy atom. The number of carbonyl (C=O) groups excluding carboxylic acids is 3. The van der Waals surface area contributed by atoms with E-state index in [4.69, 9.17) is 9.47 Å². The summed E-state index contributed by atoms with van der Waals surface area (Å²) in [6.45, 7) is 2.08. The summed E-state index contributed by atoms with van der Waals surface area (Å²) in [6.07, 6.45) is 1.26. The molecular formula is C23H25N3O5. The smallest absolute Gasteiger partial charge is 0.311 e. The quantitative estimate of drug-likeness (QED) is 0.634. The fourth-order valence-electron chi connectivity index (χ4n) is 3.24. The number of esters is 1. The van der Waals surface area contributed by atoms with E-state index in [1.807, 2.05) is 30.3 Å². The van der Waals surface area contributed by atoms with Crippen LogP contribution in [0.4, 0.5) is 11.4 Å². The standard InChI is InChI=1S/C23H25N3O5/c1-3-31-23(29)13-17-12-22(28)26(19-10-6-5-9-18(19)25-17)15-21(27)24-14-16-8-4-7-11-20(16)30-2/h4-12,25H,3,13-15H2,1-2H3,(H,24,27). The summed E-state index contributed by atoms with van der Waals surface area (Å²) in [5, 5.41) is 5.93. The van der Waals surface area contributed by atoms with Crippen LogP contribution >= 0.6 is 0 Å². The van der Waals surface area contributed by atoms with Gasteiger partial charge in [0, 0.05) is 23.9 Å². The second kappa shape index (κ2) is 10.3. The largest absolute Gasteiger partial charge is 0.496 e. The molecule has 0 radical (unpaired) electrons. The first-order valence-electron chi connectivity index (χ1n) is 9.94. The van der Waals surface area contributed by atoms with Crippen molar-refractivity contribution in [1.29, 1.82) is 0 Å². The van der Waals surface area contributed by atoms with Crippen LogP contribution in [0.2, 0.25) is 0 Å². The van der Waals surface area contributed by atoms with Crippen molar-refractivity contribution in [2.45, 2.75) is 19.9 Å². The Morgan fingerprint density at radius 3 is 2.61 bits per heavy atom. The lowest BCUT2D eigenvalue weighted by Gasteiger charge is -2.22. The van der Waals surface area contributed by atoms with E-state index in [0.717, 1.165) is 5.56 Å². The van der Waals surface area contributed by atoms with Crippen LogP contribution in [0.1, 0.15) is 18.9 Å². The molecule has 2 aromatic carbocycles. The van der Waals surface area contributed by atoms with E-state index >= 15 is 0 Å². The molecule has 0 spiro atoms. The summed E-state index contributed by atoms with van der Waals surface area (Å²) < 4.78 is 10.3. The number of hydrogen-bond acceptors (Lipinski definition) is 6. The predicted octanol–water partition coefficient (Wildman–Crippen LogP) is 2.61. The Hall–Kier alpha value is -3.81. The van der Waals surface area contributed by atoms with E-state index in [0.29, 0.717) is 22.8 Å². The number of nitrogens with zero attached hydrogens (tertiary/aromatic N) is 1. The molecule has 0 saturated heterocycles. The normalized spacial score (nSPS) is 12.8. The Bertz CT molecular complexity index is 1000. The minimum Gasteiger partial charge on any atom is -0.496 e. The van der Waals surface area contributed by atoms with Gasteiger partial charge in [-0.1, -0.05) is 30.3 Å². The molecule has 1 aliphatic rings. The fraction of sp³-hybridized carbons (Fsp3) is 0.261. The third-order valence-electron chi connectivity index (χ3n) is 4.66. The molecule has 162 valence electrons. The second-order valence-corrected chi connectivity index (χ2v) is 6.81. The number of fused-ring (bicyclic) bond motifs is 1. The van der Waals surface area contributed by atoms with E-state index in [-0.39, 0.29) is 32.0 Å². The molecule has 1 aliphatic heterocycles. The Kier molecular flexibility index (Phi) is 7.26. The summed E-state index contributed by atoms with van der Waals surface area (Å²) in [5.41, 5.74) is 2.42. The summed E-state index contributed by atoms with van der Waals surface area (Å²) in [4.78, 5) is 38.8. The first-order chi connectivity index (χ1) is 15.0. The molecule has 0 aromatic heterocycles. The van der Waals surface area contributed by atoms with Crippen LogP contribution in [0.5, 0.6) is 5.75 Å². The lowest BCUT2D eigenvalue weighted by Crippen LogP contribution is -2.39. The molecule has 0 bridgehead atoms. The van der Waals surface area contributed by atoms with Crippen molar-refractivity contribution in [1.82, 2.24) is 5.32 Å². The van der Waals surface area contributed by atoms with E-state index in [9.17, 15) is 14.4 Å². The molecule has 31 heavy (non-hydrogen) atoms. The minimum absolute atomic E-state index is 0.0677. The average Bonchev–Trinajstić information content (AvgIpc) is 2.88. The van der Waals surface area contributed by atoms with Crippen molar-refractivity contribution in [2.24, 2.45) is 0 Å². The van der Waals surface area contributed by atoms with Gasteiger partial charge in [0.25, 0.3) is 5.91 Å². The zero-order chi connectivity index (χ0) is 22.2. The molecule has 1 heterocycles. The SMILES string of the molecule is CCOC(=O)CC1=CC(=O)N(CC(=O)NCc2ccccc2OC)c2ccccc2N1. The number of nitrogens with one attached hydrogen (secondary N) is 2. The first-order valence-corrected chi connectivity index (χ1v) is 9.94. The maximum atomic E-state index is 12.9. The number of methoxy groups -OCH3 is 1. The highest BCUT2D eigenvalue weighted by molar-refractivity contribution is 6.09. The number of ether oxygens (including phenoxy) is 2. The van der Waals surface area contributed by atoms with Gasteiger partial charge in [-0.15, -0.1) is 0 Å². The Morgan fingerprint density at radius 1 is 1.10 bits per heavy atom. The molecule has 2 amide bonds. The van der Waals surface area contributed by atoms with Crippen LogP contribution in [0.25, 0.3) is 0 Å². The van der Waals surface area contributed by atoms with Gasteiger partial charge in [-0.25, -0.2) is 0 Å². The van der Waals surface area contributed by atoms with Crippen molar-refractivity contribution in [3.8, 4) is 5.75 Å². The van der Waals surface area contributed by atoms with E-state index in [1.54, 1.807) is 32.2 Å². The average molecular weight is 423 g/mol. The van der Waals surface area contributed by atoms with Crippen LogP contribution in [0.3, 0.4) is 0 Å². The van der Waals surface area contributed by atoms with E-state index in [1.165, 1.54) is 11.0 Å². The van der Waals surface area contributed by atoms with Crippen LogP contribution in [-0.4, -0.2) is 38.0 Å². The molecule has 8 nitrogen and oxygen atoms in total. The van der Waals surface area contributed by atoms with E-state index in [2.05, 4.69) is 10.6 Å². The number of rotatable bonds is 8. The van der Waals surface area contributed by atoms with Gasteiger partial charge in [0.2, 0.25) is 5.91 Å². The third-order valence-corrected chi connectivity index (χ3v) is 4.66. The van der Waals surface area contributed by atoms with Crippen molar-refractivity contribution in [3.05, 3.63) is 65.9 Å². The first kappa shape index (κ1) is 21.9. The molecule has 0 fully saturated rings. The molecular weight excluding hydrogens is 398 g/mol. The summed E-state index contributed by atoms with van der Waals surface area (Å²) >= 11 is 0. The lowest BCUT2D eigenvalue weighted by atomic mass is 10.2. The highest BCUT2D eigenvalue weighted by Gasteiger charge is 2.25. The molecule has 0 atom stereocenters. The van der Waals surface area contributed by atoms with Crippen LogP contribution in [0, 0.1) is 0 Å². The van der Waals surface area contributed by atoms with Gasteiger partial charge in [0.15, 0.2) is 0 Å². The molecule has 2 aromatic rings. The van der Waals surface area contributed by atoms with Gasteiger partial charge >= 0.3 is 5.97 Å². The van der Waals surface area contributed by atoms with Crippen molar-refractivity contribution in [2.75, 3.05) is 30.5 Å². The maximum absolute atomic E-state index is 12.9. The predicted molar refractivity (Wildman–Crippen MR) is 117 cm³/mol. The van der Waals surface area contributed by atoms with Gasteiger partial charge in [-0.2, -0.15) is 0 Å². The molecule has 2 N–H and O–H groups in total. The number of benzene rings is 2. The molecule has 3 rings (SSSR count). The topological polar surface area (TPSA) is 97.0 Å². The van der Waals surface area contributed by atoms with Crippen LogP contribution in [-0.2, 0) is 25.7 Å². The van der Waals surface area contributed by atoms with Gasteiger partial charge in [-0.3, -0.25) is 19.3 Å². The monoisotopic (exact) mass is 423 g/mol. The maximum Gasteiger partial charge on any atom is 0.311 e. The number of carbonyl (C=O) groups is 3. The van der Waals surface area contributed by atoms with Crippen molar-refractivity contribution >= 4 is 29.2 Å². The second-order valence-electron chi connectivity index (χ2n) is 6.81. The number of para-hydroxylation sites is 3. The summed E-state index contributed by atoms with van der Waals surface area (Å²) in [7, 11) is 1.57. The van der Waals surface area contributed by atoms with Crippen molar-refractivity contribution < 1.29 is 23.9 Å². The molecule has 0 saturated carbocycles. The van der Waals surface area contributed by atoms with Crippen molar-refractivity contribution in [3.63, 3.8) is 0 Å². The number of anilines is 2. The molecule has 0 unspecified atom stereocenters. The van der Waals surface area contributed by atoms with Crippen LogP contribution in [0.15, 0.2) is 60.3 Å². The summed E-state index contributed by atoms with van der Waals surface area (Å²) in [6, 6.07) is 14.5. The third kappa shape index (κ3) is 5.63. The Balaban J connectivity index is 1.75. The fourth-order valence-corrected chi connectivity index (χ4v) is 3.24. The van der Waals surface area contributed by atoms with Gasteiger partial charge in [0.05, 0.1) is 31.5 Å². The van der Waals surface area contributed by atoms with Gasteiger partial charge in [-0.05, 0) is 25.1 Å². The van der Waals surface area contributed by atoms with Crippen LogP contribution < -0.4 is 20.3 Å². The lowest BCUT2D eigenvalue weighted by molar-refractivity contribution is -0.142. The zero-order valence-electron chi connectivity index (χ0n) is 17.5.